The molecule has 3 aromatic rings. The molecule has 0 bridgehead atoms. The summed E-state index contributed by atoms with van der Waals surface area (Å²) in [5, 5.41) is 3.77. The molecule has 6 heteroatoms. The number of fused-ring (bicyclic) bond motifs is 1. The molecule has 1 atom stereocenters. The second-order valence-corrected chi connectivity index (χ2v) is 6.36. The molecule has 1 aliphatic rings. The number of hydrogen-bond donors (Lipinski definition) is 1. The fourth-order valence-electron chi connectivity index (χ4n) is 3.15. The molecule has 4 rings (SSSR count). The third-order valence-electron chi connectivity index (χ3n) is 4.54. The maximum Gasteiger partial charge on any atom is 0.252 e. The molecular weight excluding hydrogens is 328 g/mol. The lowest BCUT2D eigenvalue weighted by molar-refractivity contribution is 0.00940. The van der Waals surface area contributed by atoms with Crippen LogP contribution in [0.25, 0.3) is 10.9 Å². The van der Waals surface area contributed by atoms with Crippen molar-refractivity contribution < 1.29 is 9.53 Å². The van der Waals surface area contributed by atoms with Gasteiger partial charge in [-0.2, -0.15) is 0 Å². The molecule has 1 N–H and O–H groups in total. The average molecular weight is 348 g/mol. The zero-order chi connectivity index (χ0) is 17.8. The fourth-order valence-corrected chi connectivity index (χ4v) is 3.15. The van der Waals surface area contributed by atoms with Gasteiger partial charge in [-0.05, 0) is 37.5 Å². The Hall–Kier alpha value is -2.86. The van der Waals surface area contributed by atoms with Crippen LogP contribution in [0.3, 0.4) is 0 Å². The van der Waals surface area contributed by atoms with Gasteiger partial charge in [-0.3, -0.25) is 9.78 Å². The molecule has 1 amide bonds. The van der Waals surface area contributed by atoms with Crippen molar-refractivity contribution in [1.82, 2.24) is 20.3 Å². The Morgan fingerprint density at radius 1 is 1.12 bits per heavy atom. The normalized spacial score (nSPS) is 17.2. The molecule has 1 saturated heterocycles. The van der Waals surface area contributed by atoms with E-state index in [9.17, 15) is 4.79 Å². The van der Waals surface area contributed by atoms with Crippen molar-refractivity contribution in [3.8, 4) is 0 Å². The Balaban J connectivity index is 1.42. The van der Waals surface area contributed by atoms with E-state index in [2.05, 4.69) is 20.3 Å². The van der Waals surface area contributed by atoms with Gasteiger partial charge in [0.15, 0.2) is 5.82 Å². The first kappa shape index (κ1) is 16.6. The first-order valence-corrected chi connectivity index (χ1v) is 8.85. The highest BCUT2D eigenvalue weighted by Gasteiger charge is 2.18. The molecule has 3 heterocycles. The summed E-state index contributed by atoms with van der Waals surface area (Å²) in [5.74, 6) is 0.586. The van der Waals surface area contributed by atoms with Gasteiger partial charge in [-0.1, -0.05) is 12.1 Å². The Labute approximate surface area is 151 Å². The number of rotatable bonds is 4. The van der Waals surface area contributed by atoms with E-state index in [-0.39, 0.29) is 12.0 Å². The minimum atomic E-state index is -0.136. The molecule has 1 aromatic carbocycles. The summed E-state index contributed by atoms with van der Waals surface area (Å²) in [6, 6.07) is 9.27. The summed E-state index contributed by atoms with van der Waals surface area (Å²) in [4.78, 5) is 25.6. The number of nitrogens with one attached hydrogen (secondary N) is 1. The van der Waals surface area contributed by atoms with Crippen LogP contribution in [-0.4, -0.2) is 27.5 Å². The standard InChI is InChI=1S/C20H20N4O2/c25-20(16-5-3-7-17-15(16)6-4-9-21-17)24-13-14-11-22-19(23-12-14)18-8-1-2-10-26-18/h3-7,9,11-12,18H,1-2,8,10,13H2,(H,24,25)/t18-/m0/s1. The number of carbonyl (C=O) groups is 1. The first-order chi connectivity index (χ1) is 12.8. The van der Waals surface area contributed by atoms with Crippen molar-refractivity contribution in [2.45, 2.75) is 31.9 Å². The number of aromatic nitrogens is 3. The summed E-state index contributed by atoms with van der Waals surface area (Å²) in [5.41, 5.74) is 2.28. The zero-order valence-corrected chi connectivity index (χ0v) is 14.4. The van der Waals surface area contributed by atoms with Crippen LogP contribution in [0.2, 0.25) is 0 Å². The maximum absolute atomic E-state index is 12.5. The van der Waals surface area contributed by atoms with E-state index in [0.717, 1.165) is 48.2 Å². The topological polar surface area (TPSA) is 77.0 Å². The largest absolute Gasteiger partial charge is 0.370 e. The van der Waals surface area contributed by atoms with Crippen molar-refractivity contribution in [3.05, 3.63) is 65.9 Å². The van der Waals surface area contributed by atoms with Gasteiger partial charge in [0.25, 0.3) is 5.91 Å². The van der Waals surface area contributed by atoms with Gasteiger partial charge in [-0.15, -0.1) is 0 Å². The fraction of sp³-hybridized carbons (Fsp3) is 0.300. The van der Waals surface area contributed by atoms with Gasteiger partial charge in [0.1, 0.15) is 6.10 Å². The van der Waals surface area contributed by atoms with Crippen LogP contribution in [0.5, 0.6) is 0 Å². The molecule has 0 saturated carbocycles. The van der Waals surface area contributed by atoms with E-state index in [1.165, 1.54) is 0 Å². The van der Waals surface area contributed by atoms with Crippen molar-refractivity contribution in [2.24, 2.45) is 0 Å². The molecule has 26 heavy (non-hydrogen) atoms. The number of hydrogen-bond acceptors (Lipinski definition) is 5. The highest BCUT2D eigenvalue weighted by Crippen LogP contribution is 2.24. The van der Waals surface area contributed by atoms with Crippen LogP contribution in [0, 0.1) is 0 Å². The monoisotopic (exact) mass is 348 g/mol. The summed E-state index contributed by atoms with van der Waals surface area (Å²) in [7, 11) is 0. The second-order valence-electron chi connectivity index (χ2n) is 6.36. The molecule has 1 fully saturated rings. The molecule has 0 aliphatic carbocycles. The summed E-state index contributed by atoms with van der Waals surface area (Å²) in [6.45, 7) is 1.15. The van der Waals surface area contributed by atoms with Gasteiger partial charge in [0, 0.05) is 48.3 Å². The highest BCUT2D eigenvalue weighted by atomic mass is 16.5. The maximum atomic E-state index is 12.5. The number of nitrogens with zero attached hydrogens (tertiary/aromatic N) is 3. The minimum Gasteiger partial charge on any atom is -0.370 e. The van der Waals surface area contributed by atoms with Gasteiger partial charge in [-0.25, -0.2) is 9.97 Å². The lowest BCUT2D eigenvalue weighted by atomic mass is 10.1. The number of pyridine rings is 1. The van der Waals surface area contributed by atoms with E-state index in [4.69, 9.17) is 4.74 Å². The predicted molar refractivity (Wildman–Crippen MR) is 97.5 cm³/mol. The Morgan fingerprint density at radius 2 is 2.00 bits per heavy atom. The number of carbonyl (C=O) groups excluding carboxylic acids is 1. The van der Waals surface area contributed by atoms with E-state index in [0.29, 0.717) is 12.1 Å². The Bertz CT molecular complexity index is 900. The van der Waals surface area contributed by atoms with E-state index in [1.807, 2.05) is 24.3 Å². The zero-order valence-electron chi connectivity index (χ0n) is 14.4. The number of ether oxygens (including phenoxy) is 1. The third-order valence-corrected chi connectivity index (χ3v) is 4.54. The second kappa shape index (κ2) is 7.58. The van der Waals surface area contributed by atoms with Crippen molar-refractivity contribution >= 4 is 16.8 Å². The van der Waals surface area contributed by atoms with Crippen LogP contribution in [0.1, 0.15) is 47.1 Å². The van der Waals surface area contributed by atoms with E-state index in [1.54, 1.807) is 24.7 Å². The van der Waals surface area contributed by atoms with Gasteiger partial charge >= 0.3 is 0 Å². The molecule has 1 aliphatic heterocycles. The van der Waals surface area contributed by atoms with Crippen molar-refractivity contribution in [3.63, 3.8) is 0 Å². The van der Waals surface area contributed by atoms with Crippen LogP contribution >= 0.6 is 0 Å². The summed E-state index contributed by atoms with van der Waals surface area (Å²) >= 11 is 0. The summed E-state index contributed by atoms with van der Waals surface area (Å²) in [6.07, 6.45) is 8.44. The molecule has 6 nitrogen and oxygen atoms in total. The van der Waals surface area contributed by atoms with Crippen molar-refractivity contribution in [2.75, 3.05) is 6.61 Å². The van der Waals surface area contributed by atoms with Gasteiger partial charge in [0.2, 0.25) is 0 Å². The summed E-state index contributed by atoms with van der Waals surface area (Å²) < 4.78 is 5.70. The minimum absolute atomic E-state index is 0.00410. The van der Waals surface area contributed by atoms with E-state index >= 15 is 0 Å². The molecule has 0 unspecified atom stereocenters. The molecule has 2 aromatic heterocycles. The van der Waals surface area contributed by atoms with Crippen LogP contribution in [-0.2, 0) is 11.3 Å². The molecule has 132 valence electrons. The van der Waals surface area contributed by atoms with Crippen LogP contribution in [0.15, 0.2) is 48.9 Å². The Morgan fingerprint density at radius 3 is 2.81 bits per heavy atom. The quantitative estimate of drug-likeness (QED) is 0.783. The number of benzene rings is 1. The third kappa shape index (κ3) is 3.55. The Kier molecular flexibility index (Phi) is 4.84. The lowest BCUT2D eigenvalue weighted by Crippen LogP contribution is -2.23. The van der Waals surface area contributed by atoms with Crippen molar-refractivity contribution in [1.29, 1.82) is 0 Å². The van der Waals surface area contributed by atoms with Gasteiger partial charge < -0.3 is 10.1 Å². The SMILES string of the molecule is O=C(NCc1cnc([C@@H]2CCCCO2)nc1)c1cccc2ncccc12. The smallest absolute Gasteiger partial charge is 0.252 e. The lowest BCUT2D eigenvalue weighted by Gasteiger charge is -2.21. The van der Waals surface area contributed by atoms with Crippen LogP contribution < -0.4 is 5.32 Å². The van der Waals surface area contributed by atoms with E-state index < -0.39 is 0 Å². The average Bonchev–Trinajstić information content (AvgIpc) is 2.72. The molecule has 0 radical (unpaired) electrons. The number of amides is 1. The molecular formula is C20H20N4O2. The van der Waals surface area contributed by atoms with Crippen LogP contribution in [0.4, 0.5) is 0 Å². The molecule has 0 spiro atoms. The first-order valence-electron chi connectivity index (χ1n) is 8.85. The van der Waals surface area contributed by atoms with Gasteiger partial charge in [0.05, 0.1) is 5.52 Å². The highest BCUT2D eigenvalue weighted by molar-refractivity contribution is 6.06. The predicted octanol–water partition coefficient (Wildman–Crippen LogP) is 3.20.